The van der Waals surface area contributed by atoms with Gasteiger partial charge in [0.25, 0.3) is 0 Å². The summed E-state index contributed by atoms with van der Waals surface area (Å²) in [5, 5.41) is 9.12. The Morgan fingerprint density at radius 1 is 1.53 bits per heavy atom. The number of rotatable bonds is 1. The van der Waals surface area contributed by atoms with Crippen molar-refractivity contribution in [3.05, 3.63) is 34.4 Å². The van der Waals surface area contributed by atoms with Crippen molar-refractivity contribution in [2.75, 3.05) is 0 Å². The van der Waals surface area contributed by atoms with Crippen LogP contribution in [0.3, 0.4) is 0 Å². The number of carboxylic acid groups (broad SMARTS) is 1. The number of hydrogen-bond acceptors (Lipinski definition) is 2. The van der Waals surface area contributed by atoms with Gasteiger partial charge in [-0.1, -0.05) is 11.6 Å². The molecule has 19 heavy (non-hydrogen) atoms. The first-order chi connectivity index (χ1) is 9.93. The number of allylic oxidation sites excluding steroid dienone is 1. The minimum Gasteiger partial charge on any atom is -0.478 e. The summed E-state index contributed by atoms with van der Waals surface area (Å²) < 4.78 is 66.0. The normalized spacial score (nSPS) is 21.9. The lowest BCUT2D eigenvalue weighted by Gasteiger charge is -2.29. The number of halogens is 4. The molecule has 7 heteroatoms. The first kappa shape index (κ1) is 10.1. The Balaban J connectivity index is 2.85. The van der Waals surface area contributed by atoms with Crippen molar-refractivity contribution >= 4 is 23.1 Å². The number of benzene rings is 1. The average molecular weight is 296 g/mol. The molecule has 1 atom stereocenters. The van der Waals surface area contributed by atoms with Gasteiger partial charge in [0, 0.05) is 14.7 Å². The monoisotopic (exact) mass is 295 g/mol. The Morgan fingerprint density at radius 2 is 2.21 bits per heavy atom. The standard InChI is InChI=1S/C12H8ClF3O3/c1-5-7-4-6(13)2-3-8(7)19-10(12(14,15)16)9(5)11(17)18/h2-4,10H,1H3,(H,17,18)/i1D3. The van der Waals surface area contributed by atoms with E-state index in [0.29, 0.717) is 0 Å². The second-order valence-electron chi connectivity index (χ2n) is 3.77. The van der Waals surface area contributed by atoms with Crippen molar-refractivity contribution < 1.29 is 31.9 Å². The largest absolute Gasteiger partial charge is 0.478 e. The topological polar surface area (TPSA) is 46.5 Å². The molecule has 0 saturated carbocycles. The Kier molecular flexibility index (Phi) is 2.37. The Bertz CT molecular complexity index is 668. The molecule has 1 aliphatic rings. The van der Waals surface area contributed by atoms with Crippen LogP contribution in [-0.2, 0) is 4.79 Å². The second-order valence-corrected chi connectivity index (χ2v) is 4.21. The number of ether oxygens (including phenoxy) is 1. The molecule has 3 nitrogen and oxygen atoms in total. The highest BCUT2D eigenvalue weighted by Gasteiger charge is 2.49. The third kappa shape index (κ3) is 2.40. The molecule has 1 N–H and O–H groups in total. The fourth-order valence-electron chi connectivity index (χ4n) is 1.71. The van der Waals surface area contributed by atoms with Gasteiger partial charge >= 0.3 is 12.1 Å². The molecule has 2 rings (SSSR count). The van der Waals surface area contributed by atoms with Crippen LogP contribution in [0.25, 0.3) is 5.57 Å². The number of carbonyl (C=O) groups is 1. The molecule has 1 heterocycles. The van der Waals surface area contributed by atoms with Crippen LogP contribution in [-0.4, -0.2) is 23.4 Å². The fraction of sp³-hybridized carbons (Fsp3) is 0.250. The quantitative estimate of drug-likeness (QED) is 0.862. The number of fused-ring (bicyclic) bond motifs is 1. The summed E-state index contributed by atoms with van der Waals surface area (Å²) in [6.45, 7) is -3.08. The fourth-order valence-corrected chi connectivity index (χ4v) is 1.88. The zero-order chi connectivity index (χ0) is 16.9. The predicted octanol–water partition coefficient (Wildman–Crippen LogP) is 3.52. The van der Waals surface area contributed by atoms with Gasteiger partial charge in [0.15, 0.2) is 0 Å². The van der Waals surface area contributed by atoms with Crippen LogP contribution in [0, 0.1) is 0 Å². The molecule has 0 aromatic heterocycles. The molecular formula is C12H8ClF3O3. The van der Waals surface area contributed by atoms with E-state index < -0.39 is 36.2 Å². The zero-order valence-corrected chi connectivity index (χ0v) is 9.84. The molecule has 0 radical (unpaired) electrons. The number of hydrogen-bond donors (Lipinski definition) is 1. The summed E-state index contributed by atoms with van der Waals surface area (Å²) in [4.78, 5) is 11.2. The second kappa shape index (κ2) is 4.45. The van der Waals surface area contributed by atoms with Gasteiger partial charge in [-0.2, -0.15) is 13.2 Å². The van der Waals surface area contributed by atoms with Crippen LogP contribution in [0.2, 0.25) is 5.02 Å². The zero-order valence-electron chi connectivity index (χ0n) is 12.1. The smallest absolute Gasteiger partial charge is 0.430 e. The van der Waals surface area contributed by atoms with Gasteiger partial charge in [-0.3, -0.25) is 0 Å². The lowest BCUT2D eigenvalue weighted by atomic mass is 9.93. The Labute approximate surface area is 115 Å². The van der Waals surface area contributed by atoms with Gasteiger partial charge in [-0.15, -0.1) is 0 Å². The van der Waals surface area contributed by atoms with E-state index in [9.17, 15) is 18.0 Å². The summed E-state index contributed by atoms with van der Waals surface area (Å²) in [5.41, 5.74) is -2.57. The van der Waals surface area contributed by atoms with Crippen molar-refractivity contribution in [2.45, 2.75) is 19.1 Å². The minimum atomic E-state index is -5.08. The van der Waals surface area contributed by atoms with Crippen molar-refractivity contribution in [1.29, 1.82) is 0 Å². The number of alkyl halides is 3. The van der Waals surface area contributed by atoms with Gasteiger partial charge in [-0.05, 0) is 30.6 Å². The molecular weight excluding hydrogens is 285 g/mol. The maximum absolute atomic E-state index is 13.1. The van der Waals surface area contributed by atoms with Crippen molar-refractivity contribution in [3.8, 4) is 5.75 Å². The molecule has 0 spiro atoms. The van der Waals surface area contributed by atoms with E-state index >= 15 is 0 Å². The minimum absolute atomic E-state index is 0.0410. The molecule has 1 aliphatic heterocycles. The third-order valence-electron chi connectivity index (χ3n) is 2.51. The van der Waals surface area contributed by atoms with Gasteiger partial charge in [0.1, 0.15) is 5.75 Å². The highest BCUT2D eigenvalue weighted by molar-refractivity contribution is 6.30. The van der Waals surface area contributed by atoms with Crippen molar-refractivity contribution in [2.24, 2.45) is 0 Å². The van der Waals surface area contributed by atoms with E-state index in [4.69, 9.17) is 20.8 Å². The van der Waals surface area contributed by atoms with Gasteiger partial charge in [0.2, 0.25) is 6.10 Å². The summed E-state index contributed by atoms with van der Waals surface area (Å²) in [7, 11) is 0. The van der Waals surface area contributed by atoms with E-state index in [1.165, 1.54) is 6.07 Å². The van der Waals surface area contributed by atoms with E-state index in [-0.39, 0.29) is 16.3 Å². The van der Waals surface area contributed by atoms with Crippen molar-refractivity contribution in [3.63, 3.8) is 0 Å². The lowest BCUT2D eigenvalue weighted by molar-refractivity contribution is -0.187. The van der Waals surface area contributed by atoms with Crippen LogP contribution in [0.15, 0.2) is 23.8 Å². The first-order valence-corrected chi connectivity index (χ1v) is 5.32. The van der Waals surface area contributed by atoms with Crippen LogP contribution < -0.4 is 4.74 Å². The summed E-state index contributed by atoms with van der Waals surface area (Å²) in [6, 6.07) is 3.35. The summed E-state index contributed by atoms with van der Waals surface area (Å²) >= 11 is 5.71. The summed E-state index contributed by atoms with van der Waals surface area (Å²) in [6.07, 6.45) is -7.95. The number of aliphatic carboxylic acids is 1. The van der Waals surface area contributed by atoms with Gasteiger partial charge in [-0.25, -0.2) is 4.79 Å². The molecule has 0 aliphatic carbocycles. The number of carboxylic acids is 1. The molecule has 0 amide bonds. The molecule has 0 bridgehead atoms. The first-order valence-electron chi connectivity index (χ1n) is 6.44. The maximum atomic E-state index is 13.1. The van der Waals surface area contributed by atoms with Gasteiger partial charge in [0.05, 0.1) is 5.57 Å². The van der Waals surface area contributed by atoms with E-state index in [2.05, 4.69) is 4.74 Å². The molecule has 0 fully saturated rings. The van der Waals surface area contributed by atoms with Crippen molar-refractivity contribution in [1.82, 2.24) is 0 Å². The molecule has 1 aromatic rings. The Morgan fingerprint density at radius 3 is 2.74 bits per heavy atom. The van der Waals surface area contributed by atoms with E-state index in [1.807, 2.05) is 0 Å². The predicted molar refractivity (Wildman–Crippen MR) is 62.2 cm³/mol. The molecule has 1 aromatic carbocycles. The molecule has 102 valence electrons. The Hall–Kier alpha value is -1.69. The lowest BCUT2D eigenvalue weighted by Crippen LogP contribution is -2.41. The molecule has 0 saturated heterocycles. The third-order valence-corrected chi connectivity index (χ3v) is 2.75. The summed E-state index contributed by atoms with van der Waals surface area (Å²) in [5.74, 6) is -2.40. The van der Waals surface area contributed by atoms with Crippen LogP contribution in [0.1, 0.15) is 16.5 Å². The average Bonchev–Trinajstić information content (AvgIpc) is 2.33. The maximum Gasteiger partial charge on any atom is 0.430 e. The van der Waals surface area contributed by atoms with Crippen LogP contribution in [0.5, 0.6) is 5.75 Å². The highest BCUT2D eigenvalue weighted by Crippen LogP contribution is 2.42. The SMILES string of the molecule is [2H]C([2H])([2H])C1=C(C(=O)O)C(C(F)(F)F)Oc2ccc(Cl)cc21. The van der Waals surface area contributed by atoms with Crippen LogP contribution >= 0.6 is 11.6 Å². The van der Waals surface area contributed by atoms with Crippen LogP contribution in [0.4, 0.5) is 13.2 Å². The van der Waals surface area contributed by atoms with E-state index in [0.717, 1.165) is 12.1 Å². The van der Waals surface area contributed by atoms with Gasteiger partial charge < -0.3 is 9.84 Å². The van der Waals surface area contributed by atoms with E-state index in [1.54, 1.807) is 0 Å². The highest BCUT2D eigenvalue weighted by atomic mass is 35.5. The molecule has 1 unspecified atom stereocenters.